The van der Waals surface area contributed by atoms with E-state index in [2.05, 4.69) is 20.8 Å². The van der Waals surface area contributed by atoms with E-state index in [4.69, 9.17) is 0 Å². The van der Waals surface area contributed by atoms with Crippen LogP contribution in [0.2, 0.25) is 0 Å². The highest BCUT2D eigenvalue weighted by Crippen LogP contribution is 2.29. The largest absolute Gasteiger partial charge is 0.298 e. The van der Waals surface area contributed by atoms with Crippen LogP contribution in [0.15, 0.2) is 0 Å². The molecular formula is C10H18OS. The van der Waals surface area contributed by atoms with Crippen molar-refractivity contribution < 1.29 is 4.79 Å². The molecule has 0 aromatic carbocycles. The highest BCUT2D eigenvalue weighted by molar-refractivity contribution is 8.00. The number of rotatable bonds is 2. The van der Waals surface area contributed by atoms with E-state index < -0.39 is 0 Å². The second kappa shape index (κ2) is 3.82. The third-order valence-electron chi connectivity index (χ3n) is 2.26. The van der Waals surface area contributed by atoms with Crippen molar-refractivity contribution in [1.29, 1.82) is 0 Å². The van der Waals surface area contributed by atoms with Crippen LogP contribution in [0.25, 0.3) is 0 Å². The fourth-order valence-corrected chi connectivity index (χ4v) is 2.56. The Labute approximate surface area is 79.3 Å². The highest BCUT2D eigenvalue weighted by atomic mass is 32.2. The molecule has 0 amide bonds. The van der Waals surface area contributed by atoms with Gasteiger partial charge >= 0.3 is 0 Å². The van der Waals surface area contributed by atoms with Gasteiger partial charge in [-0.3, -0.25) is 4.79 Å². The summed E-state index contributed by atoms with van der Waals surface area (Å²) in [6, 6.07) is 0. The Kier molecular flexibility index (Phi) is 3.22. The van der Waals surface area contributed by atoms with Crippen molar-refractivity contribution in [2.24, 2.45) is 11.3 Å². The van der Waals surface area contributed by atoms with E-state index in [0.29, 0.717) is 17.1 Å². The first kappa shape index (κ1) is 10.1. The van der Waals surface area contributed by atoms with E-state index in [1.54, 1.807) is 11.8 Å². The molecule has 0 N–H and O–H groups in total. The number of thioether (sulfide) groups is 1. The first-order valence-corrected chi connectivity index (χ1v) is 5.75. The Hall–Kier alpha value is 0.0200. The third kappa shape index (κ3) is 3.18. The van der Waals surface area contributed by atoms with Gasteiger partial charge in [0.25, 0.3) is 0 Å². The molecule has 0 aromatic heterocycles. The fraction of sp³-hybridized carbons (Fsp3) is 0.900. The van der Waals surface area contributed by atoms with Crippen LogP contribution < -0.4 is 0 Å². The minimum atomic E-state index is 0.370. The van der Waals surface area contributed by atoms with Crippen molar-refractivity contribution in [3.63, 3.8) is 0 Å². The van der Waals surface area contributed by atoms with Gasteiger partial charge in [-0.15, -0.1) is 0 Å². The minimum Gasteiger partial charge on any atom is -0.298 e. The van der Waals surface area contributed by atoms with Crippen molar-refractivity contribution in [2.75, 3.05) is 11.5 Å². The van der Waals surface area contributed by atoms with Crippen LogP contribution in [-0.2, 0) is 4.79 Å². The van der Waals surface area contributed by atoms with Gasteiger partial charge < -0.3 is 0 Å². The molecule has 2 heteroatoms. The molecule has 0 radical (unpaired) electrons. The molecule has 1 aliphatic heterocycles. The van der Waals surface area contributed by atoms with Gasteiger partial charge in [0.05, 0.1) is 5.75 Å². The van der Waals surface area contributed by atoms with Crippen molar-refractivity contribution in [3.05, 3.63) is 0 Å². The SMILES string of the molecule is CC(C)(C)CCC1CSCC1=O. The molecule has 0 aromatic rings. The first-order valence-electron chi connectivity index (χ1n) is 4.59. The fourth-order valence-electron chi connectivity index (χ4n) is 1.36. The Morgan fingerprint density at radius 3 is 2.58 bits per heavy atom. The maximum absolute atomic E-state index is 11.3. The van der Waals surface area contributed by atoms with E-state index in [1.165, 1.54) is 6.42 Å². The summed E-state index contributed by atoms with van der Waals surface area (Å²) >= 11 is 1.79. The van der Waals surface area contributed by atoms with Crippen LogP contribution in [0.5, 0.6) is 0 Å². The molecule has 0 bridgehead atoms. The molecule has 0 saturated carbocycles. The van der Waals surface area contributed by atoms with Crippen molar-refractivity contribution in [1.82, 2.24) is 0 Å². The zero-order valence-corrected chi connectivity index (χ0v) is 9.04. The lowest BCUT2D eigenvalue weighted by molar-refractivity contribution is -0.119. The minimum absolute atomic E-state index is 0.370. The summed E-state index contributed by atoms with van der Waals surface area (Å²) in [6.07, 6.45) is 2.26. The van der Waals surface area contributed by atoms with Crippen LogP contribution in [0.3, 0.4) is 0 Å². The molecule has 1 saturated heterocycles. The molecule has 1 fully saturated rings. The predicted molar refractivity (Wildman–Crippen MR) is 54.5 cm³/mol. The van der Waals surface area contributed by atoms with E-state index in [9.17, 15) is 4.79 Å². The Balaban J connectivity index is 2.27. The zero-order chi connectivity index (χ0) is 9.19. The third-order valence-corrected chi connectivity index (χ3v) is 3.39. The zero-order valence-electron chi connectivity index (χ0n) is 8.22. The summed E-state index contributed by atoms with van der Waals surface area (Å²) in [5.41, 5.74) is 0.382. The van der Waals surface area contributed by atoms with Gasteiger partial charge in [0.1, 0.15) is 5.78 Å². The number of Topliss-reactive ketones (excluding diaryl/α,β-unsaturated/α-hetero) is 1. The number of ketones is 1. The Bertz CT molecular complexity index is 169. The molecular weight excluding hydrogens is 168 g/mol. The molecule has 0 aliphatic carbocycles. The average Bonchev–Trinajstić information content (AvgIpc) is 2.29. The smallest absolute Gasteiger partial charge is 0.146 e. The molecule has 12 heavy (non-hydrogen) atoms. The summed E-state index contributed by atoms with van der Waals surface area (Å²) in [4.78, 5) is 11.3. The summed E-state index contributed by atoms with van der Waals surface area (Å²) < 4.78 is 0. The molecule has 1 atom stereocenters. The van der Waals surface area contributed by atoms with E-state index in [0.717, 1.165) is 17.9 Å². The molecule has 1 nitrogen and oxygen atoms in total. The molecule has 1 aliphatic rings. The molecule has 70 valence electrons. The topological polar surface area (TPSA) is 17.1 Å². The number of carbonyl (C=O) groups is 1. The second-order valence-electron chi connectivity index (χ2n) is 4.78. The maximum Gasteiger partial charge on any atom is 0.146 e. The van der Waals surface area contributed by atoms with E-state index in [-0.39, 0.29) is 0 Å². The summed E-state index contributed by atoms with van der Waals surface area (Å²) in [5, 5.41) is 0. The number of hydrogen-bond donors (Lipinski definition) is 0. The Morgan fingerprint density at radius 1 is 1.50 bits per heavy atom. The van der Waals surface area contributed by atoms with Gasteiger partial charge in [0, 0.05) is 11.7 Å². The van der Waals surface area contributed by atoms with E-state index >= 15 is 0 Å². The summed E-state index contributed by atoms with van der Waals surface area (Å²) in [7, 11) is 0. The number of carbonyl (C=O) groups excluding carboxylic acids is 1. The summed E-state index contributed by atoms with van der Waals surface area (Å²) in [6.45, 7) is 6.71. The number of hydrogen-bond acceptors (Lipinski definition) is 2. The summed E-state index contributed by atoms with van der Waals surface area (Å²) in [5.74, 6) is 2.67. The highest BCUT2D eigenvalue weighted by Gasteiger charge is 2.26. The first-order chi connectivity index (χ1) is 5.49. The van der Waals surface area contributed by atoms with Gasteiger partial charge in [0.2, 0.25) is 0 Å². The normalized spacial score (nSPS) is 24.9. The lowest BCUT2D eigenvalue weighted by atomic mass is 9.86. The molecule has 1 unspecified atom stereocenters. The van der Waals surface area contributed by atoms with Crippen LogP contribution in [0.1, 0.15) is 33.6 Å². The quantitative estimate of drug-likeness (QED) is 0.659. The van der Waals surface area contributed by atoms with E-state index in [1.807, 2.05) is 0 Å². The van der Waals surface area contributed by atoms with Crippen LogP contribution in [0.4, 0.5) is 0 Å². The second-order valence-corrected chi connectivity index (χ2v) is 5.81. The van der Waals surface area contributed by atoms with Gasteiger partial charge in [0.15, 0.2) is 0 Å². The Morgan fingerprint density at radius 2 is 2.17 bits per heavy atom. The van der Waals surface area contributed by atoms with Crippen molar-refractivity contribution >= 4 is 17.5 Å². The van der Waals surface area contributed by atoms with Gasteiger partial charge in [-0.2, -0.15) is 11.8 Å². The lowest BCUT2D eigenvalue weighted by Crippen LogP contribution is -2.15. The lowest BCUT2D eigenvalue weighted by Gasteiger charge is -2.19. The molecule has 1 rings (SSSR count). The van der Waals surface area contributed by atoms with Crippen LogP contribution in [-0.4, -0.2) is 17.3 Å². The molecule has 1 heterocycles. The van der Waals surface area contributed by atoms with Crippen molar-refractivity contribution in [2.45, 2.75) is 33.6 Å². The standard InChI is InChI=1S/C10H18OS/c1-10(2,3)5-4-8-6-12-7-9(8)11/h8H,4-7H2,1-3H3. The van der Waals surface area contributed by atoms with Crippen LogP contribution in [0, 0.1) is 11.3 Å². The van der Waals surface area contributed by atoms with Crippen molar-refractivity contribution in [3.8, 4) is 0 Å². The maximum atomic E-state index is 11.3. The van der Waals surface area contributed by atoms with Gasteiger partial charge in [-0.05, 0) is 18.3 Å². The average molecular weight is 186 g/mol. The van der Waals surface area contributed by atoms with Gasteiger partial charge in [-0.1, -0.05) is 20.8 Å². The monoisotopic (exact) mass is 186 g/mol. The van der Waals surface area contributed by atoms with Crippen LogP contribution >= 0.6 is 11.8 Å². The predicted octanol–water partition coefficient (Wildman–Crippen LogP) is 2.74. The van der Waals surface area contributed by atoms with Gasteiger partial charge in [-0.25, -0.2) is 0 Å². The molecule has 0 spiro atoms.